The quantitative estimate of drug-likeness (QED) is 0.626. The van der Waals surface area contributed by atoms with Crippen molar-refractivity contribution in [1.82, 2.24) is 24.7 Å². The smallest absolute Gasteiger partial charge is 0.348 e. The Balaban J connectivity index is 1.37. The van der Waals surface area contributed by atoms with E-state index in [1.807, 2.05) is 11.9 Å². The molecule has 2 fully saturated rings. The van der Waals surface area contributed by atoms with Crippen LogP contribution in [-0.2, 0) is 7.05 Å². The van der Waals surface area contributed by atoms with E-state index in [2.05, 4.69) is 20.2 Å². The van der Waals surface area contributed by atoms with Gasteiger partial charge in [-0.05, 0) is 43.2 Å². The Morgan fingerprint density at radius 2 is 2.03 bits per heavy atom. The van der Waals surface area contributed by atoms with Gasteiger partial charge in [-0.1, -0.05) is 18.9 Å². The number of aromatic nitrogens is 5. The minimum absolute atomic E-state index is 0.111. The fourth-order valence-electron chi connectivity index (χ4n) is 5.30. The number of hydrogen-bond donors (Lipinski definition) is 1. The molecule has 10 heteroatoms. The number of nitrogens with zero attached hydrogens (tertiary/aromatic N) is 6. The van der Waals surface area contributed by atoms with Crippen molar-refractivity contribution in [2.24, 2.45) is 18.9 Å². The van der Waals surface area contributed by atoms with Gasteiger partial charge in [0.15, 0.2) is 17.5 Å². The maximum absolute atomic E-state index is 15.1. The fraction of sp³-hybridized carbons (Fsp3) is 0.458. The van der Waals surface area contributed by atoms with Crippen LogP contribution in [0.25, 0.3) is 22.6 Å². The summed E-state index contributed by atoms with van der Waals surface area (Å²) in [5, 5.41) is 18.9. The number of rotatable bonds is 4. The summed E-state index contributed by atoms with van der Waals surface area (Å²) in [4.78, 5) is 21.7. The number of fused-ring (bicyclic) bond motifs is 2. The van der Waals surface area contributed by atoms with Crippen molar-refractivity contribution in [3.8, 4) is 28.4 Å². The maximum atomic E-state index is 15.1. The summed E-state index contributed by atoms with van der Waals surface area (Å²) >= 11 is 0. The number of halogens is 2. The topological polar surface area (TPSA) is 97.0 Å². The van der Waals surface area contributed by atoms with Crippen LogP contribution >= 0.6 is 0 Å². The van der Waals surface area contributed by atoms with Gasteiger partial charge in [0.25, 0.3) is 0 Å². The number of hydrogen-bond acceptors (Lipinski definition) is 7. The monoisotopic (exact) mass is 468 g/mol. The zero-order chi connectivity index (χ0) is 24.0. The molecule has 0 spiro atoms. The van der Waals surface area contributed by atoms with Crippen molar-refractivity contribution in [1.29, 1.82) is 0 Å². The van der Waals surface area contributed by atoms with Gasteiger partial charge in [-0.15, -0.1) is 10.2 Å². The number of phenolic OH excluding ortho intramolecular Hbond substituents is 1. The SMILES string of the molecule is CN(c1cnc(-c2ccc(-c3nc(=O)n(C)cc3F)cc2O)nn1)[C@H]1C[C@@H]2CCC[C@@H](C2)[C@H]1F. The van der Waals surface area contributed by atoms with Crippen molar-refractivity contribution in [3.05, 3.63) is 46.9 Å². The number of anilines is 1. The Hall–Kier alpha value is -3.43. The van der Waals surface area contributed by atoms with Crippen molar-refractivity contribution in [2.75, 3.05) is 11.9 Å². The summed E-state index contributed by atoms with van der Waals surface area (Å²) in [5.74, 6) is 0.427. The van der Waals surface area contributed by atoms with Gasteiger partial charge < -0.3 is 10.0 Å². The molecule has 2 aliphatic rings. The molecule has 2 saturated carbocycles. The zero-order valence-corrected chi connectivity index (χ0v) is 19.0. The van der Waals surface area contributed by atoms with Crippen molar-refractivity contribution in [2.45, 2.75) is 44.3 Å². The first-order valence-electron chi connectivity index (χ1n) is 11.5. The number of benzene rings is 1. The number of aryl methyl sites for hydroxylation is 1. The third kappa shape index (κ3) is 4.01. The minimum atomic E-state index is -0.900. The predicted molar refractivity (Wildman–Crippen MR) is 123 cm³/mol. The Labute approximate surface area is 195 Å². The van der Waals surface area contributed by atoms with Crippen molar-refractivity contribution >= 4 is 5.82 Å². The lowest BCUT2D eigenvalue weighted by Crippen LogP contribution is -2.49. The third-order valence-corrected chi connectivity index (χ3v) is 7.18. The summed E-state index contributed by atoms with van der Waals surface area (Å²) in [6.45, 7) is 0. The molecule has 2 aromatic heterocycles. The van der Waals surface area contributed by atoms with Crippen LogP contribution in [-0.4, -0.2) is 49.1 Å². The van der Waals surface area contributed by atoms with Gasteiger partial charge in [-0.3, -0.25) is 4.57 Å². The second-order valence-electron chi connectivity index (χ2n) is 9.35. The zero-order valence-electron chi connectivity index (χ0n) is 19.0. The first-order chi connectivity index (χ1) is 16.3. The van der Waals surface area contributed by atoms with Crippen LogP contribution < -0.4 is 10.6 Å². The van der Waals surface area contributed by atoms with E-state index in [1.165, 1.54) is 31.4 Å². The fourth-order valence-corrected chi connectivity index (χ4v) is 5.30. The first-order valence-corrected chi connectivity index (χ1v) is 11.5. The van der Waals surface area contributed by atoms with E-state index in [-0.39, 0.29) is 34.8 Å². The van der Waals surface area contributed by atoms with E-state index in [9.17, 15) is 14.3 Å². The van der Waals surface area contributed by atoms with Crippen molar-refractivity contribution in [3.63, 3.8) is 0 Å². The Bertz CT molecular complexity index is 1270. The molecule has 3 aromatic rings. The van der Waals surface area contributed by atoms with Crippen LogP contribution in [0.1, 0.15) is 32.1 Å². The van der Waals surface area contributed by atoms with Crippen LogP contribution in [0.5, 0.6) is 5.75 Å². The summed E-state index contributed by atoms with van der Waals surface area (Å²) in [6, 6.07) is 4.10. The largest absolute Gasteiger partial charge is 0.507 e. The molecule has 0 saturated heterocycles. The highest BCUT2D eigenvalue weighted by atomic mass is 19.1. The van der Waals surface area contributed by atoms with E-state index in [1.54, 1.807) is 0 Å². The molecule has 2 heterocycles. The van der Waals surface area contributed by atoms with E-state index in [0.29, 0.717) is 17.3 Å². The molecule has 8 nitrogen and oxygen atoms in total. The van der Waals surface area contributed by atoms with Crippen molar-refractivity contribution < 1.29 is 13.9 Å². The predicted octanol–water partition coefficient (Wildman–Crippen LogP) is 3.50. The van der Waals surface area contributed by atoms with Gasteiger partial charge in [0.05, 0.1) is 17.8 Å². The molecule has 5 rings (SSSR count). The molecule has 1 N–H and O–H groups in total. The van der Waals surface area contributed by atoms with E-state index in [0.717, 1.165) is 42.9 Å². The third-order valence-electron chi connectivity index (χ3n) is 7.18. The Morgan fingerprint density at radius 3 is 2.76 bits per heavy atom. The second kappa shape index (κ2) is 8.73. The van der Waals surface area contributed by atoms with Gasteiger partial charge >= 0.3 is 5.69 Å². The highest BCUT2D eigenvalue weighted by Crippen LogP contribution is 2.43. The number of alkyl halides is 1. The summed E-state index contributed by atoms with van der Waals surface area (Å²) < 4.78 is 30.4. The van der Waals surface area contributed by atoms with E-state index >= 15 is 4.39 Å². The molecule has 0 amide bonds. The highest BCUT2D eigenvalue weighted by molar-refractivity contribution is 5.71. The molecule has 2 bridgehead atoms. The van der Waals surface area contributed by atoms with Crippen LogP contribution in [0, 0.1) is 17.7 Å². The Kier molecular flexibility index (Phi) is 5.75. The molecular formula is C24H26F2N6O2. The lowest BCUT2D eigenvalue weighted by atomic mass is 9.69. The first kappa shape index (κ1) is 22.4. The highest BCUT2D eigenvalue weighted by Gasteiger charge is 2.42. The summed E-state index contributed by atoms with van der Waals surface area (Å²) in [7, 11) is 3.23. The van der Waals surface area contributed by atoms with Crippen LogP contribution in [0.15, 0.2) is 35.4 Å². The standard InChI is InChI=1S/C24H26F2N6O2/c1-31-12-17(25)22(28-24(31)34)15-6-7-16(19(33)10-15)23-27-11-20(29-30-23)32(2)18-9-13-4-3-5-14(8-13)21(18)26/h6-7,10-14,18,21,33H,3-5,8-9H2,1-2H3/t13-,14+,18+,21-/m1/s1. The van der Waals surface area contributed by atoms with Crippen LogP contribution in [0.4, 0.5) is 14.6 Å². The van der Waals surface area contributed by atoms with E-state index in [4.69, 9.17) is 0 Å². The number of aromatic hydroxyl groups is 1. The average Bonchev–Trinajstić information content (AvgIpc) is 2.83. The molecule has 2 aliphatic carbocycles. The lowest BCUT2D eigenvalue weighted by molar-refractivity contribution is 0.0656. The van der Waals surface area contributed by atoms with Crippen LogP contribution in [0.2, 0.25) is 0 Å². The van der Waals surface area contributed by atoms with Gasteiger partial charge in [0.2, 0.25) is 0 Å². The van der Waals surface area contributed by atoms with Gasteiger partial charge in [0, 0.05) is 25.9 Å². The molecule has 0 unspecified atom stereocenters. The Morgan fingerprint density at radius 1 is 1.21 bits per heavy atom. The maximum Gasteiger partial charge on any atom is 0.348 e. The summed E-state index contributed by atoms with van der Waals surface area (Å²) in [5.41, 5.74) is -0.217. The molecule has 0 aliphatic heterocycles. The summed E-state index contributed by atoms with van der Waals surface area (Å²) in [6.07, 6.45) is 6.64. The van der Waals surface area contributed by atoms with E-state index < -0.39 is 17.7 Å². The lowest BCUT2D eigenvalue weighted by Gasteiger charge is -2.45. The molecule has 34 heavy (non-hydrogen) atoms. The normalized spacial score (nSPS) is 24.1. The molecule has 0 radical (unpaired) electrons. The van der Waals surface area contributed by atoms with Gasteiger partial charge in [-0.2, -0.15) is 4.98 Å². The van der Waals surface area contributed by atoms with Gasteiger partial charge in [-0.25, -0.2) is 18.6 Å². The molecule has 178 valence electrons. The molecule has 4 atom stereocenters. The molecular weight excluding hydrogens is 442 g/mol. The molecule has 1 aromatic carbocycles. The number of phenols is 1. The second-order valence-corrected chi connectivity index (χ2v) is 9.35. The van der Waals surface area contributed by atoms with Gasteiger partial charge in [0.1, 0.15) is 17.6 Å². The average molecular weight is 469 g/mol. The minimum Gasteiger partial charge on any atom is -0.507 e. The van der Waals surface area contributed by atoms with Crippen LogP contribution in [0.3, 0.4) is 0 Å².